The van der Waals surface area contributed by atoms with Crippen molar-refractivity contribution < 1.29 is 5.11 Å². The van der Waals surface area contributed by atoms with E-state index in [0.29, 0.717) is 13.1 Å². The van der Waals surface area contributed by atoms with Crippen molar-refractivity contribution in [1.82, 2.24) is 20.2 Å². The van der Waals surface area contributed by atoms with Crippen molar-refractivity contribution in [2.24, 2.45) is 0 Å². The lowest BCUT2D eigenvalue weighted by Gasteiger charge is -2.31. The van der Waals surface area contributed by atoms with E-state index in [1.165, 1.54) is 0 Å². The number of nitrogens with zero attached hydrogens (tertiary/aromatic N) is 3. The Morgan fingerprint density at radius 3 is 2.18 bits per heavy atom. The molecule has 5 heteroatoms. The maximum absolute atomic E-state index is 10.7. The molecule has 1 aliphatic heterocycles. The van der Waals surface area contributed by atoms with Crippen LogP contribution in [0.15, 0.2) is 49.1 Å². The molecule has 0 spiro atoms. The van der Waals surface area contributed by atoms with Gasteiger partial charge in [0.15, 0.2) is 0 Å². The van der Waals surface area contributed by atoms with Crippen LogP contribution < -0.4 is 5.32 Å². The number of β-amino-alcohol motifs (C(OH)–C–C–N with tert-alkyl or cyclic N) is 1. The van der Waals surface area contributed by atoms with Crippen LogP contribution in [0.25, 0.3) is 0 Å². The molecule has 0 saturated carbocycles. The summed E-state index contributed by atoms with van der Waals surface area (Å²) in [5, 5.41) is 13.9. The van der Waals surface area contributed by atoms with Crippen LogP contribution in [0, 0.1) is 0 Å². The van der Waals surface area contributed by atoms with Gasteiger partial charge in [0.05, 0.1) is 5.60 Å². The lowest BCUT2D eigenvalue weighted by Crippen LogP contribution is -2.44. The molecule has 0 bridgehead atoms. The SMILES string of the molecule is OC1(CN(Cc2cccnc2)Cc2cccnc2)CCNC1. The Bertz CT molecular complexity index is 528. The Balaban J connectivity index is 1.72. The second kappa shape index (κ2) is 6.96. The Kier molecular flexibility index (Phi) is 4.77. The molecule has 1 atom stereocenters. The Morgan fingerprint density at radius 2 is 1.73 bits per heavy atom. The predicted molar refractivity (Wildman–Crippen MR) is 85.0 cm³/mol. The van der Waals surface area contributed by atoms with E-state index >= 15 is 0 Å². The summed E-state index contributed by atoms with van der Waals surface area (Å²) in [6.45, 7) is 3.72. The van der Waals surface area contributed by atoms with Crippen LogP contribution in [0.5, 0.6) is 0 Å². The predicted octanol–water partition coefficient (Wildman–Crippen LogP) is 1.20. The summed E-state index contributed by atoms with van der Waals surface area (Å²) in [5.74, 6) is 0. The Labute approximate surface area is 131 Å². The molecule has 0 radical (unpaired) electrons. The molecule has 2 aromatic rings. The zero-order valence-corrected chi connectivity index (χ0v) is 12.7. The fraction of sp³-hybridized carbons (Fsp3) is 0.412. The monoisotopic (exact) mass is 298 g/mol. The van der Waals surface area contributed by atoms with Crippen LogP contribution in [0.3, 0.4) is 0 Å². The van der Waals surface area contributed by atoms with Gasteiger partial charge in [-0.05, 0) is 36.2 Å². The van der Waals surface area contributed by atoms with Gasteiger partial charge in [-0.15, -0.1) is 0 Å². The standard InChI is InChI=1S/C17H22N4O/c22-17(5-8-20-13-17)14-21(11-15-3-1-6-18-9-15)12-16-4-2-7-19-10-16/h1-4,6-7,9-10,20,22H,5,8,11-14H2. The van der Waals surface area contributed by atoms with Crippen LogP contribution in [-0.4, -0.2) is 45.2 Å². The van der Waals surface area contributed by atoms with Crippen LogP contribution in [0.2, 0.25) is 0 Å². The molecular weight excluding hydrogens is 276 g/mol. The van der Waals surface area contributed by atoms with Gasteiger partial charge >= 0.3 is 0 Å². The fourth-order valence-electron chi connectivity index (χ4n) is 2.95. The van der Waals surface area contributed by atoms with E-state index < -0.39 is 5.60 Å². The summed E-state index contributed by atoms with van der Waals surface area (Å²) in [4.78, 5) is 10.6. The van der Waals surface area contributed by atoms with E-state index in [2.05, 4.69) is 32.3 Å². The average molecular weight is 298 g/mol. The topological polar surface area (TPSA) is 61.3 Å². The molecule has 1 fully saturated rings. The Morgan fingerprint density at radius 1 is 1.09 bits per heavy atom. The zero-order chi connectivity index (χ0) is 15.3. The number of aliphatic hydroxyl groups is 1. The third kappa shape index (κ3) is 4.10. The van der Waals surface area contributed by atoms with Crippen molar-refractivity contribution in [1.29, 1.82) is 0 Å². The van der Waals surface area contributed by atoms with Gasteiger partial charge in [0.25, 0.3) is 0 Å². The van der Waals surface area contributed by atoms with Crippen molar-refractivity contribution in [3.8, 4) is 0 Å². The van der Waals surface area contributed by atoms with Crippen molar-refractivity contribution in [3.05, 3.63) is 60.2 Å². The first kappa shape index (κ1) is 15.1. The molecule has 0 aliphatic carbocycles. The van der Waals surface area contributed by atoms with Crippen molar-refractivity contribution >= 4 is 0 Å². The molecule has 1 saturated heterocycles. The van der Waals surface area contributed by atoms with Gasteiger partial charge < -0.3 is 10.4 Å². The number of nitrogens with one attached hydrogen (secondary N) is 1. The first-order chi connectivity index (χ1) is 10.7. The molecule has 3 heterocycles. The normalized spacial score (nSPS) is 21.4. The highest BCUT2D eigenvalue weighted by molar-refractivity contribution is 5.12. The first-order valence-corrected chi connectivity index (χ1v) is 7.67. The third-order valence-corrected chi connectivity index (χ3v) is 4.00. The van der Waals surface area contributed by atoms with Gasteiger partial charge in [-0.3, -0.25) is 14.9 Å². The molecule has 1 aliphatic rings. The smallest absolute Gasteiger partial charge is 0.0909 e. The number of pyridine rings is 2. The van der Waals surface area contributed by atoms with Gasteiger partial charge in [-0.25, -0.2) is 0 Å². The van der Waals surface area contributed by atoms with E-state index in [4.69, 9.17) is 0 Å². The minimum absolute atomic E-state index is 0.643. The van der Waals surface area contributed by atoms with Crippen molar-refractivity contribution in [3.63, 3.8) is 0 Å². The quantitative estimate of drug-likeness (QED) is 0.839. The molecule has 116 valence electrons. The summed E-state index contributed by atoms with van der Waals surface area (Å²) in [6.07, 6.45) is 8.12. The molecule has 0 aromatic carbocycles. The summed E-state index contributed by atoms with van der Waals surface area (Å²) in [7, 11) is 0. The molecule has 0 amide bonds. The summed E-state index contributed by atoms with van der Waals surface area (Å²) in [6, 6.07) is 8.03. The number of rotatable bonds is 6. The van der Waals surface area contributed by atoms with Crippen LogP contribution in [0.4, 0.5) is 0 Å². The lowest BCUT2D eigenvalue weighted by molar-refractivity contribution is 0.0156. The van der Waals surface area contributed by atoms with Gasteiger partial charge in [0.2, 0.25) is 0 Å². The molecule has 5 nitrogen and oxygen atoms in total. The highest BCUT2D eigenvalue weighted by Crippen LogP contribution is 2.19. The number of hydrogen-bond acceptors (Lipinski definition) is 5. The van der Waals surface area contributed by atoms with E-state index in [9.17, 15) is 5.11 Å². The lowest BCUT2D eigenvalue weighted by atomic mass is 10.0. The van der Waals surface area contributed by atoms with Gasteiger partial charge in [-0.1, -0.05) is 12.1 Å². The second-order valence-electron chi connectivity index (χ2n) is 6.02. The molecule has 3 rings (SSSR count). The molecule has 22 heavy (non-hydrogen) atoms. The summed E-state index contributed by atoms with van der Waals surface area (Å²) >= 11 is 0. The summed E-state index contributed by atoms with van der Waals surface area (Å²) < 4.78 is 0. The van der Waals surface area contributed by atoms with Crippen LogP contribution in [-0.2, 0) is 13.1 Å². The van der Waals surface area contributed by atoms with E-state index in [0.717, 1.165) is 37.2 Å². The van der Waals surface area contributed by atoms with Gasteiger partial charge in [0.1, 0.15) is 0 Å². The molecule has 2 aromatic heterocycles. The largest absolute Gasteiger partial charge is 0.387 e. The second-order valence-corrected chi connectivity index (χ2v) is 6.02. The third-order valence-electron chi connectivity index (χ3n) is 4.00. The number of hydrogen-bond donors (Lipinski definition) is 2. The Hall–Kier alpha value is -1.82. The minimum Gasteiger partial charge on any atom is -0.387 e. The highest BCUT2D eigenvalue weighted by atomic mass is 16.3. The summed E-state index contributed by atoms with van der Waals surface area (Å²) in [5.41, 5.74) is 1.66. The average Bonchev–Trinajstić information content (AvgIpc) is 2.95. The van der Waals surface area contributed by atoms with E-state index in [1.807, 2.05) is 24.5 Å². The zero-order valence-electron chi connectivity index (χ0n) is 12.7. The fourth-order valence-corrected chi connectivity index (χ4v) is 2.95. The van der Waals surface area contributed by atoms with Crippen molar-refractivity contribution in [2.45, 2.75) is 25.1 Å². The minimum atomic E-state index is -0.648. The maximum Gasteiger partial charge on any atom is 0.0909 e. The highest BCUT2D eigenvalue weighted by Gasteiger charge is 2.33. The van der Waals surface area contributed by atoms with Gasteiger partial charge in [0, 0.05) is 51.0 Å². The molecule has 2 N–H and O–H groups in total. The van der Waals surface area contributed by atoms with Crippen LogP contribution in [0.1, 0.15) is 17.5 Å². The first-order valence-electron chi connectivity index (χ1n) is 7.67. The van der Waals surface area contributed by atoms with Crippen molar-refractivity contribution in [2.75, 3.05) is 19.6 Å². The van der Waals surface area contributed by atoms with Crippen LogP contribution >= 0.6 is 0 Å². The van der Waals surface area contributed by atoms with E-state index in [1.54, 1.807) is 12.4 Å². The molecular formula is C17H22N4O. The maximum atomic E-state index is 10.7. The molecule has 1 unspecified atom stereocenters. The number of aromatic nitrogens is 2. The van der Waals surface area contributed by atoms with Gasteiger partial charge in [-0.2, -0.15) is 0 Å². The van der Waals surface area contributed by atoms with E-state index in [-0.39, 0.29) is 0 Å².